The van der Waals surface area contributed by atoms with Gasteiger partial charge >= 0.3 is 23.9 Å². The van der Waals surface area contributed by atoms with Crippen LogP contribution >= 0.6 is 46.4 Å². The van der Waals surface area contributed by atoms with Gasteiger partial charge in [0.05, 0.1) is 71.5 Å². The number of rotatable bonds is 15. The van der Waals surface area contributed by atoms with Crippen molar-refractivity contribution in [2.75, 3.05) is 26.4 Å². The van der Waals surface area contributed by atoms with Crippen LogP contribution in [0, 0.1) is 0 Å². The van der Waals surface area contributed by atoms with Gasteiger partial charge in [0.2, 0.25) is 11.3 Å². The van der Waals surface area contributed by atoms with Crippen molar-refractivity contribution in [3.8, 4) is 0 Å². The molecule has 70 heavy (non-hydrogen) atoms. The van der Waals surface area contributed by atoms with Crippen molar-refractivity contribution in [2.24, 2.45) is 20.0 Å². The van der Waals surface area contributed by atoms with Crippen molar-refractivity contribution in [1.82, 2.24) is 0 Å². The van der Waals surface area contributed by atoms with Crippen molar-refractivity contribution in [1.29, 1.82) is 0 Å². The van der Waals surface area contributed by atoms with E-state index in [0.29, 0.717) is 88.5 Å². The van der Waals surface area contributed by atoms with Crippen molar-refractivity contribution >= 4 is 93.1 Å². The smallest absolute Gasteiger partial charge is 0.338 e. The molecule has 2 heterocycles. The van der Waals surface area contributed by atoms with Gasteiger partial charge in [0, 0.05) is 53.5 Å². The van der Waals surface area contributed by atoms with E-state index in [-0.39, 0.29) is 36.5 Å². The summed E-state index contributed by atoms with van der Waals surface area (Å²) in [5.74, 6) is -2.04. The Morgan fingerprint density at radius 2 is 0.600 bits per heavy atom. The lowest BCUT2D eigenvalue weighted by Crippen LogP contribution is -2.43. The van der Waals surface area contributed by atoms with Gasteiger partial charge in [0.15, 0.2) is 0 Å². The van der Waals surface area contributed by atoms with E-state index in [1.807, 2.05) is 0 Å². The zero-order valence-corrected chi connectivity index (χ0v) is 41.1. The lowest BCUT2D eigenvalue weighted by molar-refractivity contribution is 0.0516. The number of benzene rings is 6. The van der Waals surface area contributed by atoms with Gasteiger partial charge in [-0.2, -0.15) is 0 Å². The van der Waals surface area contributed by atoms with Crippen molar-refractivity contribution < 1.29 is 38.1 Å². The summed E-state index contributed by atoms with van der Waals surface area (Å²) in [5, 5.41) is 0.944. The Hall–Kier alpha value is -6.96. The predicted molar refractivity (Wildman–Crippen MR) is 272 cm³/mol. The number of carbonyl (C=O) groups excluding carboxylic acids is 4. The molecule has 8 rings (SSSR count). The Balaban J connectivity index is 1.50. The van der Waals surface area contributed by atoms with Crippen LogP contribution in [0.4, 0.5) is 0 Å². The number of aliphatic imine (C=N–C) groups is 4. The number of hydrogen-bond donors (Lipinski definition) is 0. The topological polar surface area (TPSA) is 155 Å². The Bertz CT molecular complexity index is 2780. The van der Waals surface area contributed by atoms with Gasteiger partial charge in [-0.1, -0.05) is 107 Å². The van der Waals surface area contributed by atoms with Crippen molar-refractivity contribution in [3.05, 3.63) is 209 Å². The molecule has 0 bridgehead atoms. The second-order valence-electron chi connectivity index (χ2n) is 15.6. The molecule has 0 saturated heterocycles. The molecule has 2 aliphatic rings. The summed E-state index contributed by atoms with van der Waals surface area (Å²) >= 11 is 27.9. The summed E-state index contributed by atoms with van der Waals surface area (Å²) in [4.78, 5) is 74.1. The highest BCUT2D eigenvalue weighted by Gasteiger charge is 2.62. The van der Waals surface area contributed by atoms with E-state index >= 15 is 0 Å². The highest BCUT2D eigenvalue weighted by molar-refractivity contribution is 6.56. The van der Waals surface area contributed by atoms with Gasteiger partial charge in [-0.05, 0) is 100 Å². The van der Waals surface area contributed by atoms with Crippen LogP contribution in [0.2, 0.25) is 20.1 Å². The molecule has 354 valence electrons. The highest BCUT2D eigenvalue weighted by atomic mass is 35.5. The molecule has 0 saturated carbocycles. The minimum absolute atomic E-state index is 0.151. The Kier molecular flexibility index (Phi) is 14.8. The lowest BCUT2D eigenvalue weighted by atomic mass is 9.82. The number of esters is 4. The fraction of sp³-hybridized carbons (Fsp3) is 0.185. The predicted octanol–water partition coefficient (Wildman–Crippen LogP) is 12.0. The minimum Gasteiger partial charge on any atom is -0.462 e. The Morgan fingerprint density at radius 1 is 0.371 bits per heavy atom. The summed E-state index contributed by atoms with van der Waals surface area (Å²) in [7, 11) is 0. The van der Waals surface area contributed by atoms with E-state index in [1.165, 1.54) is 0 Å². The molecule has 6 aromatic carbocycles. The average Bonchev–Trinajstić information content (AvgIpc) is 3.97. The first kappa shape index (κ1) is 49.5. The summed E-state index contributed by atoms with van der Waals surface area (Å²) in [5.41, 5.74) is 1.27. The van der Waals surface area contributed by atoms with E-state index in [9.17, 15) is 19.2 Å². The zero-order chi connectivity index (χ0) is 49.7. The van der Waals surface area contributed by atoms with Crippen LogP contribution in [0.3, 0.4) is 0 Å². The monoisotopic (exact) mass is 1010 g/mol. The lowest BCUT2D eigenvalue weighted by Gasteiger charge is -2.39. The molecule has 0 radical (unpaired) electrons. The van der Waals surface area contributed by atoms with E-state index in [1.54, 1.807) is 161 Å². The molecular formula is C54H42Cl4N4O8. The number of ether oxygens (including phenoxy) is 4. The molecule has 12 nitrogen and oxygen atoms in total. The Morgan fingerprint density at radius 3 is 0.800 bits per heavy atom. The maximum atomic E-state index is 12.9. The standard InChI is InChI=1S/C54H42Cl4N4O8/c1-5-67-49(63)35-17-9-31(10-18-35)45-46(32-11-19-36(20-12-32)50(64)68-6-2)60-53(59-45,41-27-25-39(55)29-43(41)57)54(42-28-26-40(56)30-44(42)58)61-47(33-13-21-37(22-14-33)51(65)69-7-3)48(62-54)34-15-23-38(24-16-34)52(66)70-8-4/h9-30H,5-8H2,1-4H3. The molecule has 16 heteroatoms. The van der Waals surface area contributed by atoms with Gasteiger partial charge in [0.1, 0.15) is 0 Å². The largest absolute Gasteiger partial charge is 0.462 e. The second kappa shape index (κ2) is 21.0. The molecular weight excluding hydrogens is 974 g/mol. The van der Waals surface area contributed by atoms with Crippen LogP contribution in [0.1, 0.15) is 103 Å². The molecule has 0 aliphatic carbocycles. The third-order valence-electron chi connectivity index (χ3n) is 11.3. The van der Waals surface area contributed by atoms with Gasteiger partial charge in [-0.3, -0.25) is 0 Å². The third-order valence-corrected chi connectivity index (χ3v) is 12.4. The normalized spacial score (nSPS) is 14.5. The van der Waals surface area contributed by atoms with Crippen LogP contribution in [-0.2, 0) is 30.3 Å². The molecule has 0 aromatic heterocycles. The number of halogens is 4. The van der Waals surface area contributed by atoms with Crippen LogP contribution in [0.15, 0.2) is 153 Å². The average molecular weight is 1020 g/mol. The fourth-order valence-electron chi connectivity index (χ4n) is 8.10. The van der Waals surface area contributed by atoms with Gasteiger partial charge < -0.3 is 18.9 Å². The van der Waals surface area contributed by atoms with Gasteiger partial charge in [0.25, 0.3) is 0 Å². The summed E-state index contributed by atoms with van der Waals surface area (Å²) in [6.45, 7) is 7.62. The first-order chi connectivity index (χ1) is 33.8. The molecule has 6 aromatic rings. The summed E-state index contributed by atoms with van der Waals surface area (Å²) < 4.78 is 21.2. The zero-order valence-electron chi connectivity index (χ0n) is 38.1. The SMILES string of the molecule is CCOC(=O)c1ccc(C2=NC(c3ccc(Cl)cc3Cl)(C3(c4ccc(Cl)cc4Cl)N=C(c4ccc(C(=O)OCC)cc4)C(c4ccc(C(=O)OCC)cc4)=N3)N=C2c2ccc(C(=O)OCC)cc2)cc1. The van der Waals surface area contributed by atoms with Crippen LogP contribution < -0.4 is 0 Å². The van der Waals surface area contributed by atoms with E-state index in [0.717, 1.165) is 0 Å². The molecule has 0 atom stereocenters. The van der Waals surface area contributed by atoms with Crippen LogP contribution in [0.25, 0.3) is 0 Å². The van der Waals surface area contributed by atoms with E-state index in [4.69, 9.17) is 85.3 Å². The maximum absolute atomic E-state index is 12.9. The van der Waals surface area contributed by atoms with Crippen molar-refractivity contribution in [2.45, 2.75) is 39.0 Å². The van der Waals surface area contributed by atoms with Gasteiger partial charge in [-0.25, -0.2) is 39.1 Å². The summed E-state index contributed by atoms with van der Waals surface area (Å²) in [6.07, 6.45) is 0. The molecule has 0 spiro atoms. The van der Waals surface area contributed by atoms with Crippen molar-refractivity contribution in [3.63, 3.8) is 0 Å². The molecule has 0 N–H and O–H groups in total. The molecule has 0 fully saturated rings. The molecule has 2 aliphatic heterocycles. The number of nitrogens with zero attached hydrogens (tertiary/aromatic N) is 4. The van der Waals surface area contributed by atoms with Crippen LogP contribution in [-0.4, -0.2) is 73.2 Å². The van der Waals surface area contributed by atoms with E-state index in [2.05, 4.69) is 0 Å². The maximum Gasteiger partial charge on any atom is 0.338 e. The molecule has 0 amide bonds. The number of hydrogen-bond acceptors (Lipinski definition) is 12. The second-order valence-corrected chi connectivity index (χ2v) is 17.3. The first-order valence-electron chi connectivity index (χ1n) is 22.2. The summed E-state index contributed by atoms with van der Waals surface area (Å²) in [6, 6.07) is 36.6. The minimum atomic E-state index is -2.00. The highest BCUT2D eigenvalue weighted by Crippen LogP contribution is 2.57. The third kappa shape index (κ3) is 9.52. The molecule has 0 unspecified atom stereocenters. The fourth-order valence-corrected chi connectivity index (χ4v) is 9.18. The van der Waals surface area contributed by atoms with E-state index < -0.39 is 35.2 Å². The quantitative estimate of drug-likeness (QED) is 0.0727. The van der Waals surface area contributed by atoms with Crippen LogP contribution in [0.5, 0.6) is 0 Å². The Labute approximate surface area is 423 Å². The van der Waals surface area contributed by atoms with Gasteiger partial charge in [-0.15, -0.1) is 0 Å². The number of carbonyl (C=O) groups is 4. The first-order valence-corrected chi connectivity index (χ1v) is 23.7.